The molecule has 4 heterocycles. The zero-order chi connectivity index (χ0) is 19.5. The van der Waals surface area contributed by atoms with Crippen molar-refractivity contribution in [1.82, 2.24) is 14.6 Å². The molecular formula is C20H26N4O3S. The Morgan fingerprint density at radius 3 is 2.86 bits per heavy atom. The van der Waals surface area contributed by atoms with Crippen LogP contribution in [0.15, 0.2) is 18.2 Å². The maximum Gasteiger partial charge on any atom is 0.305 e. The number of piperidine rings is 3. The summed E-state index contributed by atoms with van der Waals surface area (Å²) in [5, 5.41) is 7.42. The molecule has 5 rings (SSSR count). The molecule has 2 aromatic rings. The van der Waals surface area contributed by atoms with Gasteiger partial charge in [-0.15, -0.1) is 0 Å². The molecule has 0 aliphatic carbocycles. The van der Waals surface area contributed by atoms with Crippen LogP contribution in [-0.2, 0) is 9.53 Å². The lowest BCUT2D eigenvalue weighted by molar-refractivity contribution is -0.140. The van der Waals surface area contributed by atoms with E-state index in [1.807, 2.05) is 18.2 Å². The Balaban J connectivity index is 1.37. The van der Waals surface area contributed by atoms with Gasteiger partial charge in [-0.25, -0.2) is 0 Å². The van der Waals surface area contributed by atoms with Crippen LogP contribution in [0.2, 0.25) is 0 Å². The van der Waals surface area contributed by atoms with Gasteiger partial charge < -0.3 is 20.3 Å². The van der Waals surface area contributed by atoms with E-state index in [9.17, 15) is 9.59 Å². The van der Waals surface area contributed by atoms with Crippen LogP contribution in [0.3, 0.4) is 0 Å². The van der Waals surface area contributed by atoms with Crippen molar-refractivity contribution >= 4 is 39.2 Å². The number of carbonyl (C=O) groups excluding carboxylic acids is 2. The maximum atomic E-state index is 12.8. The molecule has 3 aliphatic heterocycles. The van der Waals surface area contributed by atoms with E-state index in [0.717, 1.165) is 35.4 Å². The van der Waals surface area contributed by atoms with E-state index >= 15 is 0 Å². The first-order valence-corrected chi connectivity index (χ1v) is 10.6. The van der Waals surface area contributed by atoms with Gasteiger partial charge in [-0.1, -0.05) is 0 Å². The summed E-state index contributed by atoms with van der Waals surface area (Å²) in [5.41, 5.74) is 1.49. The number of rotatable bonds is 7. The van der Waals surface area contributed by atoms with Crippen molar-refractivity contribution in [2.45, 2.75) is 31.7 Å². The normalized spacial score (nSPS) is 23.5. The summed E-state index contributed by atoms with van der Waals surface area (Å²) in [7, 11) is 1.40. The second-order valence-corrected chi connectivity index (χ2v) is 8.37. The molecule has 0 spiro atoms. The third kappa shape index (κ3) is 4.12. The van der Waals surface area contributed by atoms with E-state index in [-0.39, 0.29) is 17.9 Å². The van der Waals surface area contributed by atoms with E-state index in [1.54, 1.807) is 0 Å². The van der Waals surface area contributed by atoms with Crippen LogP contribution in [0.1, 0.15) is 36.2 Å². The summed E-state index contributed by atoms with van der Waals surface area (Å²) in [6.07, 6.45) is 3.46. The summed E-state index contributed by atoms with van der Waals surface area (Å²) >= 11 is 1.35. The molecule has 3 aliphatic rings. The van der Waals surface area contributed by atoms with Crippen LogP contribution in [0.5, 0.6) is 0 Å². The van der Waals surface area contributed by atoms with Crippen molar-refractivity contribution in [3.8, 4) is 0 Å². The van der Waals surface area contributed by atoms with Crippen molar-refractivity contribution in [3.05, 3.63) is 23.9 Å². The van der Waals surface area contributed by atoms with E-state index in [4.69, 9.17) is 0 Å². The highest BCUT2D eigenvalue weighted by Crippen LogP contribution is 2.29. The number of anilines is 1. The van der Waals surface area contributed by atoms with Gasteiger partial charge in [-0.2, -0.15) is 4.37 Å². The van der Waals surface area contributed by atoms with Crippen LogP contribution < -0.4 is 10.6 Å². The number of hydrogen-bond acceptors (Lipinski definition) is 7. The number of carbonyl (C=O) groups is 2. The fourth-order valence-corrected chi connectivity index (χ4v) is 4.96. The molecule has 1 aromatic heterocycles. The van der Waals surface area contributed by atoms with Gasteiger partial charge in [0.2, 0.25) is 0 Å². The molecule has 28 heavy (non-hydrogen) atoms. The predicted octanol–water partition coefficient (Wildman–Crippen LogP) is 2.49. The predicted molar refractivity (Wildman–Crippen MR) is 110 cm³/mol. The van der Waals surface area contributed by atoms with Gasteiger partial charge in [0.1, 0.15) is 5.69 Å². The van der Waals surface area contributed by atoms with Crippen LogP contribution in [0.25, 0.3) is 10.1 Å². The van der Waals surface area contributed by atoms with Gasteiger partial charge in [0.25, 0.3) is 5.91 Å². The lowest BCUT2D eigenvalue weighted by Crippen LogP contribution is -2.57. The number of hydrogen-bond donors (Lipinski definition) is 2. The SMILES string of the molecule is COC(=O)CCCNc1ccc2c(C(=O)N[C@@H]3CN4CCC3CC4)nsc2c1. The number of nitrogens with zero attached hydrogens (tertiary/aromatic N) is 2. The number of amides is 1. The van der Waals surface area contributed by atoms with Gasteiger partial charge in [0.15, 0.2) is 0 Å². The molecule has 150 valence electrons. The topological polar surface area (TPSA) is 83.6 Å². The van der Waals surface area contributed by atoms with E-state index in [0.29, 0.717) is 31.0 Å². The molecule has 0 saturated carbocycles. The minimum absolute atomic E-state index is 0.0659. The molecule has 8 heteroatoms. The molecule has 7 nitrogen and oxygen atoms in total. The summed E-state index contributed by atoms with van der Waals surface area (Å²) in [6.45, 7) is 3.96. The summed E-state index contributed by atoms with van der Waals surface area (Å²) in [6, 6.07) is 6.16. The number of nitrogens with one attached hydrogen (secondary N) is 2. The lowest BCUT2D eigenvalue weighted by atomic mass is 9.84. The number of aromatic nitrogens is 1. The van der Waals surface area contributed by atoms with Gasteiger partial charge in [-0.05, 0) is 68.0 Å². The third-order valence-corrected chi connectivity index (χ3v) is 6.58. The molecule has 2 bridgehead atoms. The highest BCUT2D eigenvalue weighted by molar-refractivity contribution is 7.13. The molecule has 3 saturated heterocycles. The number of methoxy groups -OCH3 is 1. The Morgan fingerprint density at radius 1 is 1.32 bits per heavy atom. The Kier molecular flexibility index (Phi) is 5.77. The first-order chi connectivity index (χ1) is 13.6. The number of benzene rings is 1. The van der Waals surface area contributed by atoms with Crippen LogP contribution >= 0.6 is 11.5 Å². The average Bonchev–Trinajstić information content (AvgIpc) is 3.15. The minimum atomic E-state index is -0.196. The smallest absolute Gasteiger partial charge is 0.305 e. The first-order valence-electron chi connectivity index (χ1n) is 9.87. The van der Waals surface area contributed by atoms with E-state index in [1.165, 1.54) is 31.5 Å². The molecule has 2 N–H and O–H groups in total. The monoisotopic (exact) mass is 402 g/mol. The highest BCUT2D eigenvalue weighted by Gasteiger charge is 2.35. The van der Waals surface area contributed by atoms with Crippen LogP contribution in [0, 0.1) is 5.92 Å². The fourth-order valence-electron chi connectivity index (χ4n) is 4.14. The van der Waals surface area contributed by atoms with Gasteiger partial charge in [0, 0.05) is 36.6 Å². The van der Waals surface area contributed by atoms with Crippen molar-refractivity contribution in [2.75, 3.05) is 38.6 Å². The number of ether oxygens (including phenoxy) is 1. The molecule has 1 aromatic carbocycles. The second-order valence-electron chi connectivity index (χ2n) is 7.57. The Morgan fingerprint density at radius 2 is 2.14 bits per heavy atom. The summed E-state index contributed by atoms with van der Waals surface area (Å²) < 4.78 is 10.0. The van der Waals surface area contributed by atoms with Crippen molar-refractivity contribution < 1.29 is 14.3 Å². The lowest BCUT2D eigenvalue weighted by Gasteiger charge is -2.44. The molecular weight excluding hydrogens is 376 g/mol. The Hall–Kier alpha value is -2.19. The van der Waals surface area contributed by atoms with Gasteiger partial charge in [-0.3, -0.25) is 9.59 Å². The Bertz CT molecular complexity index is 860. The zero-order valence-corrected chi connectivity index (χ0v) is 16.9. The molecule has 3 fully saturated rings. The zero-order valence-electron chi connectivity index (χ0n) is 16.1. The largest absolute Gasteiger partial charge is 0.469 e. The number of esters is 1. The van der Waals surface area contributed by atoms with Crippen molar-refractivity contribution in [2.24, 2.45) is 5.92 Å². The first kappa shape index (κ1) is 19.1. The van der Waals surface area contributed by atoms with Crippen molar-refractivity contribution in [3.63, 3.8) is 0 Å². The van der Waals surface area contributed by atoms with Crippen LogP contribution in [-0.4, -0.2) is 60.5 Å². The minimum Gasteiger partial charge on any atom is -0.469 e. The average molecular weight is 403 g/mol. The summed E-state index contributed by atoms with van der Waals surface area (Å²) in [4.78, 5) is 26.4. The van der Waals surface area contributed by atoms with E-state index < -0.39 is 0 Å². The molecule has 1 amide bonds. The van der Waals surface area contributed by atoms with Crippen molar-refractivity contribution in [1.29, 1.82) is 0 Å². The summed E-state index contributed by atoms with van der Waals surface area (Å²) in [5.74, 6) is 0.335. The quantitative estimate of drug-likeness (QED) is 0.547. The molecule has 0 unspecified atom stereocenters. The molecule has 0 radical (unpaired) electrons. The molecule has 1 atom stereocenters. The standard InChI is InChI=1S/C20H26N4O3S/c1-27-18(25)3-2-8-21-14-4-5-15-17(11-14)28-23-19(15)20(26)22-16-12-24-9-6-13(16)7-10-24/h4-5,11,13,16,21H,2-3,6-10,12H2,1H3,(H,22,26)/t16-/m1/s1. The Labute approximate surface area is 168 Å². The van der Waals surface area contributed by atoms with Gasteiger partial charge in [0.05, 0.1) is 11.8 Å². The van der Waals surface area contributed by atoms with Crippen LogP contribution in [0.4, 0.5) is 5.69 Å². The fraction of sp³-hybridized carbons (Fsp3) is 0.550. The van der Waals surface area contributed by atoms with E-state index in [2.05, 4.69) is 24.6 Å². The highest BCUT2D eigenvalue weighted by atomic mass is 32.1. The van der Waals surface area contributed by atoms with Gasteiger partial charge >= 0.3 is 5.97 Å². The maximum absolute atomic E-state index is 12.8. The number of fused-ring (bicyclic) bond motifs is 4. The third-order valence-electron chi connectivity index (χ3n) is 5.77. The second kappa shape index (κ2) is 8.45.